The molecule has 2 N–H and O–H groups in total. The summed E-state index contributed by atoms with van der Waals surface area (Å²) < 4.78 is 10.3. The number of rotatable bonds is 9. The maximum absolute atomic E-state index is 12.4. The third kappa shape index (κ3) is 5.49. The van der Waals surface area contributed by atoms with Crippen LogP contribution in [0.3, 0.4) is 0 Å². The summed E-state index contributed by atoms with van der Waals surface area (Å²) in [6, 6.07) is 4.66. The van der Waals surface area contributed by atoms with Crippen molar-refractivity contribution in [3.05, 3.63) is 28.7 Å². The fraction of sp³-hybridized carbons (Fsp3) is 0.333. The molecule has 1 aliphatic rings. The SMILES string of the molecule is CCCNC(=O)CN1C(=O)S/C(=C\c2ccc(OCC(=O)O)c(OC)c2)C1=O. The van der Waals surface area contributed by atoms with Crippen LogP contribution in [0.25, 0.3) is 6.08 Å². The minimum Gasteiger partial charge on any atom is -0.493 e. The number of hydrogen-bond donors (Lipinski definition) is 2. The number of thioether (sulfide) groups is 1. The number of carboxylic acids is 1. The summed E-state index contributed by atoms with van der Waals surface area (Å²) in [5.41, 5.74) is 0.556. The van der Waals surface area contributed by atoms with E-state index >= 15 is 0 Å². The molecule has 0 saturated carbocycles. The molecule has 1 fully saturated rings. The second kappa shape index (κ2) is 9.79. The Morgan fingerprint density at radius 1 is 1.29 bits per heavy atom. The van der Waals surface area contributed by atoms with Gasteiger partial charge in [0.25, 0.3) is 11.1 Å². The molecular weight excluding hydrogens is 388 g/mol. The Kier molecular flexibility index (Phi) is 7.44. The highest BCUT2D eigenvalue weighted by Crippen LogP contribution is 2.34. The Morgan fingerprint density at radius 2 is 2.04 bits per heavy atom. The number of carboxylic acid groups (broad SMARTS) is 1. The van der Waals surface area contributed by atoms with E-state index < -0.39 is 29.6 Å². The third-order valence-corrected chi connectivity index (χ3v) is 4.49. The number of nitrogens with one attached hydrogen (secondary N) is 1. The summed E-state index contributed by atoms with van der Waals surface area (Å²) in [5.74, 6) is -1.54. The molecular formula is C18H20N2O7S. The zero-order chi connectivity index (χ0) is 20.7. The Bertz CT molecular complexity index is 822. The average Bonchev–Trinajstić information content (AvgIpc) is 2.92. The maximum atomic E-state index is 12.4. The van der Waals surface area contributed by atoms with Crippen LogP contribution >= 0.6 is 11.8 Å². The van der Waals surface area contributed by atoms with Crippen molar-refractivity contribution < 1.29 is 33.8 Å². The van der Waals surface area contributed by atoms with E-state index in [1.54, 1.807) is 12.1 Å². The fourth-order valence-corrected chi connectivity index (χ4v) is 3.12. The van der Waals surface area contributed by atoms with Crippen molar-refractivity contribution in [2.24, 2.45) is 0 Å². The standard InChI is InChI=1S/C18H20N2O7S/c1-3-6-19-15(21)9-20-17(24)14(28-18(20)25)8-11-4-5-12(13(7-11)26-2)27-10-16(22)23/h4-5,7-8H,3,6,9-10H2,1-2H3,(H,19,21)(H,22,23)/b14-8-. The second-order valence-corrected chi connectivity index (χ2v) is 6.70. The highest BCUT2D eigenvalue weighted by molar-refractivity contribution is 8.18. The molecule has 1 aromatic rings. The normalized spacial score (nSPS) is 15.1. The van der Waals surface area contributed by atoms with E-state index in [4.69, 9.17) is 14.6 Å². The molecule has 0 spiro atoms. The van der Waals surface area contributed by atoms with Crippen LogP contribution in [-0.4, -0.2) is 59.8 Å². The number of amides is 3. The summed E-state index contributed by atoms with van der Waals surface area (Å²) in [4.78, 5) is 48.0. The number of methoxy groups -OCH3 is 1. The van der Waals surface area contributed by atoms with E-state index in [2.05, 4.69) is 5.32 Å². The van der Waals surface area contributed by atoms with Gasteiger partial charge in [-0.2, -0.15) is 0 Å². The number of aliphatic carboxylic acids is 1. The van der Waals surface area contributed by atoms with Crippen LogP contribution < -0.4 is 14.8 Å². The van der Waals surface area contributed by atoms with Gasteiger partial charge >= 0.3 is 5.97 Å². The monoisotopic (exact) mass is 408 g/mol. The molecule has 10 heteroatoms. The van der Waals surface area contributed by atoms with E-state index in [1.807, 2.05) is 6.92 Å². The first kappa shape index (κ1) is 21.3. The van der Waals surface area contributed by atoms with Gasteiger partial charge in [-0.1, -0.05) is 13.0 Å². The van der Waals surface area contributed by atoms with Crippen LogP contribution in [-0.2, 0) is 14.4 Å². The second-order valence-electron chi connectivity index (χ2n) is 5.71. The first-order chi connectivity index (χ1) is 13.3. The van der Waals surface area contributed by atoms with Gasteiger partial charge < -0.3 is 19.9 Å². The summed E-state index contributed by atoms with van der Waals surface area (Å²) in [6.07, 6.45) is 2.25. The van der Waals surface area contributed by atoms with Crippen LogP contribution in [0.5, 0.6) is 11.5 Å². The van der Waals surface area contributed by atoms with Gasteiger partial charge in [0.05, 0.1) is 12.0 Å². The average molecular weight is 408 g/mol. The molecule has 0 bridgehead atoms. The van der Waals surface area contributed by atoms with E-state index in [0.717, 1.165) is 23.1 Å². The molecule has 0 radical (unpaired) electrons. The number of hydrogen-bond acceptors (Lipinski definition) is 7. The minimum atomic E-state index is -1.12. The molecule has 1 aromatic carbocycles. The summed E-state index contributed by atoms with van der Waals surface area (Å²) in [5, 5.41) is 10.8. The molecule has 3 amide bonds. The highest BCUT2D eigenvalue weighted by atomic mass is 32.2. The van der Waals surface area contributed by atoms with Crippen molar-refractivity contribution in [2.75, 3.05) is 26.8 Å². The van der Waals surface area contributed by atoms with Gasteiger partial charge in [0.2, 0.25) is 5.91 Å². The van der Waals surface area contributed by atoms with E-state index in [9.17, 15) is 19.2 Å². The van der Waals surface area contributed by atoms with Crippen LogP contribution in [0.15, 0.2) is 23.1 Å². The molecule has 9 nitrogen and oxygen atoms in total. The molecule has 0 aromatic heterocycles. The van der Waals surface area contributed by atoms with Crippen LogP contribution in [0.2, 0.25) is 0 Å². The first-order valence-electron chi connectivity index (χ1n) is 8.40. The van der Waals surface area contributed by atoms with Gasteiger partial charge in [-0.15, -0.1) is 0 Å². The lowest BCUT2D eigenvalue weighted by Gasteiger charge is -2.12. The topological polar surface area (TPSA) is 122 Å². The van der Waals surface area contributed by atoms with E-state index in [-0.39, 0.29) is 22.9 Å². The van der Waals surface area contributed by atoms with Gasteiger partial charge in [-0.25, -0.2) is 4.79 Å². The number of nitrogens with zero attached hydrogens (tertiary/aromatic N) is 1. The number of ether oxygens (including phenoxy) is 2. The molecule has 28 heavy (non-hydrogen) atoms. The van der Waals surface area contributed by atoms with Gasteiger partial charge in [0, 0.05) is 6.54 Å². The van der Waals surface area contributed by atoms with E-state index in [0.29, 0.717) is 12.1 Å². The van der Waals surface area contributed by atoms with Crippen molar-refractivity contribution in [2.45, 2.75) is 13.3 Å². The van der Waals surface area contributed by atoms with Crippen molar-refractivity contribution >= 4 is 40.9 Å². The zero-order valence-electron chi connectivity index (χ0n) is 15.4. The Morgan fingerprint density at radius 3 is 2.68 bits per heavy atom. The number of carbonyl (C=O) groups excluding carboxylic acids is 3. The largest absolute Gasteiger partial charge is 0.493 e. The zero-order valence-corrected chi connectivity index (χ0v) is 16.2. The first-order valence-corrected chi connectivity index (χ1v) is 9.22. The molecule has 1 heterocycles. The van der Waals surface area contributed by atoms with Crippen molar-refractivity contribution in [3.63, 3.8) is 0 Å². The third-order valence-electron chi connectivity index (χ3n) is 3.58. The summed E-state index contributed by atoms with van der Waals surface area (Å²) >= 11 is 0.743. The molecule has 0 atom stereocenters. The maximum Gasteiger partial charge on any atom is 0.341 e. The predicted octanol–water partition coefficient (Wildman–Crippen LogP) is 1.72. The molecule has 0 aliphatic carbocycles. The van der Waals surface area contributed by atoms with E-state index in [1.165, 1.54) is 19.3 Å². The van der Waals surface area contributed by atoms with Crippen LogP contribution in [0.1, 0.15) is 18.9 Å². The predicted molar refractivity (Wildman–Crippen MR) is 102 cm³/mol. The lowest BCUT2D eigenvalue weighted by molar-refractivity contribution is -0.139. The number of benzene rings is 1. The number of imide groups is 1. The quantitative estimate of drug-likeness (QED) is 0.592. The van der Waals surface area contributed by atoms with Crippen LogP contribution in [0.4, 0.5) is 4.79 Å². The lowest BCUT2D eigenvalue weighted by Crippen LogP contribution is -2.39. The summed E-state index contributed by atoms with van der Waals surface area (Å²) in [6.45, 7) is 1.53. The molecule has 150 valence electrons. The molecule has 1 saturated heterocycles. The lowest BCUT2D eigenvalue weighted by atomic mass is 10.2. The molecule has 0 unspecified atom stereocenters. The van der Waals surface area contributed by atoms with Crippen LogP contribution in [0, 0.1) is 0 Å². The van der Waals surface area contributed by atoms with Crippen molar-refractivity contribution in [1.29, 1.82) is 0 Å². The molecule has 2 rings (SSSR count). The van der Waals surface area contributed by atoms with Gasteiger partial charge in [0.15, 0.2) is 18.1 Å². The van der Waals surface area contributed by atoms with Gasteiger partial charge in [0.1, 0.15) is 6.54 Å². The summed E-state index contributed by atoms with van der Waals surface area (Å²) in [7, 11) is 1.40. The Hall–Kier alpha value is -3.01. The Balaban J connectivity index is 2.14. The highest BCUT2D eigenvalue weighted by Gasteiger charge is 2.36. The van der Waals surface area contributed by atoms with Gasteiger partial charge in [-0.3, -0.25) is 19.3 Å². The van der Waals surface area contributed by atoms with Gasteiger partial charge in [-0.05, 0) is 42.0 Å². The molecule has 1 aliphatic heterocycles. The number of carbonyl (C=O) groups is 4. The smallest absolute Gasteiger partial charge is 0.341 e. The van der Waals surface area contributed by atoms with Crippen molar-refractivity contribution in [1.82, 2.24) is 10.2 Å². The van der Waals surface area contributed by atoms with Crippen molar-refractivity contribution in [3.8, 4) is 11.5 Å². The minimum absolute atomic E-state index is 0.176. The Labute approximate surface area is 165 Å². The fourth-order valence-electron chi connectivity index (χ4n) is 2.28.